The Morgan fingerprint density at radius 3 is 2.36 bits per heavy atom. The van der Waals surface area contributed by atoms with Crippen LogP contribution in [-0.4, -0.2) is 14.5 Å². The fourth-order valence-corrected chi connectivity index (χ4v) is 1.66. The average Bonchev–Trinajstić information content (AvgIpc) is 2.03. The summed E-state index contributed by atoms with van der Waals surface area (Å²) in [4.78, 5) is 4.18. The molecule has 0 aromatic rings. The highest BCUT2D eigenvalue weighted by atomic mass is 28.4. The highest BCUT2D eigenvalue weighted by Crippen LogP contribution is 2.09. The Morgan fingerprint density at radius 2 is 2.00 bits per heavy atom. The van der Waals surface area contributed by atoms with Crippen molar-refractivity contribution in [3.63, 3.8) is 0 Å². The molecule has 0 N–H and O–H groups in total. The second kappa shape index (κ2) is 5.80. The SMILES string of the molecule is C=C(N=CC(=CC)CC)O[Si](C)(C)C. The van der Waals surface area contributed by atoms with E-state index in [1.807, 2.05) is 19.2 Å². The van der Waals surface area contributed by atoms with Crippen molar-refractivity contribution in [2.45, 2.75) is 39.9 Å². The predicted molar refractivity (Wildman–Crippen MR) is 66.1 cm³/mol. The van der Waals surface area contributed by atoms with Gasteiger partial charge in [0.05, 0.1) is 0 Å². The second-order valence-electron chi connectivity index (χ2n) is 4.08. The Hall–Kier alpha value is -0.833. The highest BCUT2D eigenvalue weighted by molar-refractivity contribution is 6.70. The van der Waals surface area contributed by atoms with E-state index in [0.29, 0.717) is 5.88 Å². The van der Waals surface area contributed by atoms with Crippen molar-refractivity contribution in [1.29, 1.82) is 0 Å². The Bertz CT molecular complexity index is 249. The van der Waals surface area contributed by atoms with Crippen LogP contribution in [0.3, 0.4) is 0 Å². The molecule has 0 bridgehead atoms. The van der Waals surface area contributed by atoms with E-state index in [0.717, 1.165) is 6.42 Å². The minimum atomic E-state index is -1.55. The quantitative estimate of drug-likeness (QED) is 0.386. The molecule has 0 unspecified atom stereocenters. The van der Waals surface area contributed by atoms with Gasteiger partial charge in [0.25, 0.3) is 0 Å². The molecular formula is C11H21NOSi. The Balaban J connectivity index is 4.19. The summed E-state index contributed by atoms with van der Waals surface area (Å²) in [6, 6.07) is 0. The first kappa shape index (κ1) is 13.2. The van der Waals surface area contributed by atoms with Crippen LogP contribution < -0.4 is 0 Å². The lowest BCUT2D eigenvalue weighted by Gasteiger charge is -2.17. The zero-order chi connectivity index (χ0) is 11.2. The number of aliphatic imine (C=N–C) groups is 1. The summed E-state index contributed by atoms with van der Waals surface area (Å²) >= 11 is 0. The van der Waals surface area contributed by atoms with E-state index in [2.05, 4.69) is 38.1 Å². The molecule has 0 saturated heterocycles. The van der Waals surface area contributed by atoms with E-state index in [4.69, 9.17) is 4.43 Å². The van der Waals surface area contributed by atoms with Gasteiger partial charge in [-0.05, 0) is 45.1 Å². The van der Waals surface area contributed by atoms with Gasteiger partial charge in [0.2, 0.25) is 8.32 Å². The predicted octanol–water partition coefficient (Wildman–Crippen LogP) is 3.74. The summed E-state index contributed by atoms with van der Waals surface area (Å²) in [5.41, 5.74) is 1.20. The smallest absolute Gasteiger partial charge is 0.244 e. The lowest BCUT2D eigenvalue weighted by molar-refractivity contribution is 0.421. The first-order chi connectivity index (χ1) is 6.39. The topological polar surface area (TPSA) is 21.6 Å². The maximum atomic E-state index is 5.60. The molecule has 0 aromatic heterocycles. The number of allylic oxidation sites excluding steroid dienone is 2. The van der Waals surface area contributed by atoms with Crippen molar-refractivity contribution in [2.75, 3.05) is 0 Å². The second-order valence-corrected chi connectivity index (χ2v) is 8.51. The molecule has 0 fully saturated rings. The van der Waals surface area contributed by atoms with Gasteiger partial charge in [0.1, 0.15) is 0 Å². The molecule has 3 heteroatoms. The van der Waals surface area contributed by atoms with Gasteiger partial charge in [-0.25, -0.2) is 4.99 Å². The van der Waals surface area contributed by atoms with Crippen LogP contribution in [0, 0.1) is 0 Å². The maximum Gasteiger partial charge on any atom is 0.244 e. The summed E-state index contributed by atoms with van der Waals surface area (Å²) in [6.07, 6.45) is 4.86. The van der Waals surface area contributed by atoms with Gasteiger partial charge in [-0.1, -0.05) is 13.0 Å². The number of nitrogens with zero attached hydrogens (tertiary/aromatic N) is 1. The van der Waals surface area contributed by atoms with Crippen LogP contribution in [0.1, 0.15) is 20.3 Å². The number of hydrogen-bond acceptors (Lipinski definition) is 2. The molecule has 0 aliphatic rings. The van der Waals surface area contributed by atoms with Gasteiger partial charge in [0.15, 0.2) is 5.88 Å². The van der Waals surface area contributed by atoms with Gasteiger partial charge in [-0.2, -0.15) is 0 Å². The van der Waals surface area contributed by atoms with E-state index in [1.165, 1.54) is 5.57 Å². The molecular weight excluding hydrogens is 190 g/mol. The summed E-state index contributed by atoms with van der Waals surface area (Å²) in [5.74, 6) is 0.525. The van der Waals surface area contributed by atoms with Crippen LogP contribution >= 0.6 is 0 Å². The van der Waals surface area contributed by atoms with E-state index < -0.39 is 8.32 Å². The van der Waals surface area contributed by atoms with Crippen molar-refractivity contribution in [3.8, 4) is 0 Å². The number of hydrogen-bond donors (Lipinski definition) is 0. The lowest BCUT2D eigenvalue weighted by Crippen LogP contribution is -2.24. The molecule has 0 amide bonds. The molecule has 14 heavy (non-hydrogen) atoms. The summed E-state index contributed by atoms with van der Waals surface area (Å²) in [7, 11) is -1.55. The molecule has 0 atom stereocenters. The van der Waals surface area contributed by atoms with Gasteiger partial charge < -0.3 is 4.43 Å². The third-order valence-corrected chi connectivity index (χ3v) is 2.43. The van der Waals surface area contributed by atoms with Crippen molar-refractivity contribution in [2.24, 2.45) is 4.99 Å². The Labute approximate surface area is 88.5 Å². The average molecular weight is 211 g/mol. The molecule has 0 radical (unpaired) electrons. The summed E-state index contributed by atoms with van der Waals surface area (Å²) in [6.45, 7) is 14.2. The summed E-state index contributed by atoms with van der Waals surface area (Å²) < 4.78 is 5.60. The monoisotopic (exact) mass is 211 g/mol. The molecule has 0 aromatic carbocycles. The fraction of sp³-hybridized carbons (Fsp3) is 0.545. The molecule has 80 valence electrons. The van der Waals surface area contributed by atoms with Crippen LogP contribution in [0.5, 0.6) is 0 Å². The van der Waals surface area contributed by atoms with E-state index in [9.17, 15) is 0 Å². The van der Waals surface area contributed by atoms with Crippen molar-refractivity contribution in [1.82, 2.24) is 0 Å². The van der Waals surface area contributed by atoms with Crippen molar-refractivity contribution < 1.29 is 4.43 Å². The molecule has 0 heterocycles. The molecule has 2 nitrogen and oxygen atoms in total. The third kappa shape index (κ3) is 6.66. The molecule has 0 rings (SSSR count). The Morgan fingerprint density at radius 1 is 1.43 bits per heavy atom. The van der Waals surface area contributed by atoms with Gasteiger partial charge in [0, 0.05) is 6.21 Å². The van der Waals surface area contributed by atoms with Crippen LogP contribution in [0.15, 0.2) is 29.1 Å². The Kier molecular flexibility index (Phi) is 5.46. The highest BCUT2D eigenvalue weighted by Gasteiger charge is 2.15. The van der Waals surface area contributed by atoms with Gasteiger partial charge >= 0.3 is 0 Å². The molecule has 0 saturated carbocycles. The minimum absolute atomic E-state index is 0.525. The van der Waals surface area contributed by atoms with Crippen molar-refractivity contribution >= 4 is 14.5 Å². The number of rotatable bonds is 5. The third-order valence-electron chi connectivity index (χ3n) is 1.58. The first-order valence-electron chi connectivity index (χ1n) is 4.96. The van der Waals surface area contributed by atoms with E-state index in [-0.39, 0.29) is 0 Å². The fourth-order valence-electron chi connectivity index (χ4n) is 0.905. The van der Waals surface area contributed by atoms with E-state index in [1.54, 1.807) is 0 Å². The van der Waals surface area contributed by atoms with Crippen molar-refractivity contribution in [3.05, 3.63) is 24.1 Å². The van der Waals surface area contributed by atoms with Gasteiger partial charge in [-0.3, -0.25) is 0 Å². The zero-order valence-electron chi connectivity index (χ0n) is 9.92. The van der Waals surface area contributed by atoms with Gasteiger partial charge in [-0.15, -0.1) is 0 Å². The molecule has 0 aliphatic heterocycles. The van der Waals surface area contributed by atoms with Crippen LogP contribution in [-0.2, 0) is 4.43 Å². The molecule has 0 aliphatic carbocycles. The van der Waals surface area contributed by atoms with E-state index >= 15 is 0 Å². The summed E-state index contributed by atoms with van der Waals surface area (Å²) in [5, 5.41) is 0. The van der Waals surface area contributed by atoms with Crippen LogP contribution in [0.4, 0.5) is 0 Å². The van der Waals surface area contributed by atoms with Crippen LogP contribution in [0.25, 0.3) is 0 Å². The normalized spacial score (nSPS) is 13.4. The maximum absolute atomic E-state index is 5.60. The first-order valence-corrected chi connectivity index (χ1v) is 8.37. The molecule has 0 spiro atoms. The largest absolute Gasteiger partial charge is 0.532 e. The standard InChI is InChI=1S/C11H21NOSi/c1-7-11(8-2)9-12-10(3)13-14(4,5)6/h7,9H,3,8H2,1-2,4-6H3. The minimum Gasteiger partial charge on any atom is -0.532 e. The zero-order valence-corrected chi connectivity index (χ0v) is 10.9. The van der Waals surface area contributed by atoms with Crippen LogP contribution in [0.2, 0.25) is 19.6 Å². The lowest BCUT2D eigenvalue weighted by atomic mass is 10.2.